The Hall–Kier alpha value is -1.10. The fourth-order valence-corrected chi connectivity index (χ4v) is 3.05. The number of aryl methyl sites for hydroxylation is 1. The van der Waals surface area contributed by atoms with Crippen LogP contribution in [0.15, 0.2) is 12.1 Å². The zero-order chi connectivity index (χ0) is 17.0. The van der Waals surface area contributed by atoms with E-state index in [4.69, 9.17) is 9.47 Å². The van der Waals surface area contributed by atoms with Crippen LogP contribution in [0.5, 0.6) is 5.75 Å². The quantitative estimate of drug-likeness (QED) is 0.875. The molecular formula is C19H31NO3. The second-order valence-electron chi connectivity index (χ2n) is 7.52. The molecule has 2 unspecified atom stereocenters. The van der Waals surface area contributed by atoms with E-state index in [1.165, 1.54) is 16.7 Å². The molecule has 1 aliphatic heterocycles. The van der Waals surface area contributed by atoms with Gasteiger partial charge in [-0.2, -0.15) is 0 Å². The molecule has 130 valence electrons. The average Bonchev–Trinajstić information content (AvgIpc) is 2.67. The number of hydrogen-bond donors (Lipinski definition) is 2. The van der Waals surface area contributed by atoms with Gasteiger partial charge in [0.15, 0.2) is 0 Å². The lowest BCUT2D eigenvalue weighted by molar-refractivity contribution is 0.0625. The third-order valence-electron chi connectivity index (χ3n) is 4.39. The van der Waals surface area contributed by atoms with E-state index in [9.17, 15) is 5.11 Å². The smallest absolute Gasteiger partial charge is 0.126 e. The highest BCUT2D eigenvalue weighted by Gasteiger charge is 2.25. The van der Waals surface area contributed by atoms with Crippen molar-refractivity contribution < 1.29 is 14.6 Å². The van der Waals surface area contributed by atoms with Gasteiger partial charge in [-0.25, -0.2) is 0 Å². The molecule has 2 N–H and O–H groups in total. The van der Waals surface area contributed by atoms with Crippen molar-refractivity contribution in [1.82, 2.24) is 5.32 Å². The topological polar surface area (TPSA) is 50.7 Å². The molecule has 0 spiro atoms. The summed E-state index contributed by atoms with van der Waals surface area (Å²) in [6.45, 7) is 10.4. The molecule has 0 bridgehead atoms. The molecule has 2 rings (SSSR count). The first-order chi connectivity index (χ1) is 10.8. The van der Waals surface area contributed by atoms with E-state index < -0.39 is 6.10 Å². The maximum atomic E-state index is 9.92. The number of ether oxygens (including phenoxy) is 2. The Labute approximate surface area is 140 Å². The second-order valence-corrected chi connectivity index (χ2v) is 7.52. The highest BCUT2D eigenvalue weighted by Crippen LogP contribution is 2.38. The molecule has 0 saturated heterocycles. The van der Waals surface area contributed by atoms with Gasteiger partial charge in [-0.3, -0.25) is 0 Å². The molecule has 4 nitrogen and oxygen atoms in total. The van der Waals surface area contributed by atoms with E-state index in [1.54, 1.807) is 7.11 Å². The Kier molecular flexibility index (Phi) is 6.06. The molecule has 0 aromatic heterocycles. The molecule has 4 heteroatoms. The van der Waals surface area contributed by atoms with Crippen molar-refractivity contribution in [2.45, 2.75) is 58.1 Å². The predicted octanol–water partition coefficient (Wildman–Crippen LogP) is 3.10. The maximum Gasteiger partial charge on any atom is 0.126 e. The van der Waals surface area contributed by atoms with Gasteiger partial charge in [0.25, 0.3) is 0 Å². The molecule has 1 heterocycles. The van der Waals surface area contributed by atoms with Gasteiger partial charge in [0.1, 0.15) is 5.75 Å². The fourth-order valence-electron chi connectivity index (χ4n) is 3.05. The van der Waals surface area contributed by atoms with Crippen molar-refractivity contribution in [3.8, 4) is 5.75 Å². The Morgan fingerprint density at radius 1 is 1.39 bits per heavy atom. The first kappa shape index (κ1) is 18.2. The molecule has 1 aromatic rings. The first-order valence-corrected chi connectivity index (χ1v) is 8.51. The van der Waals surface area contributed by atoms with Crippen molar-refractivity contribution >= 4 is 0 Å². The van der Waals surface area contributed by atoms with Crippen molar-refractivity contribution in [1.29, 1.82) is 0 Å². The largest absolute Gasteiger partial charge is 0.493 e. The summed E-state index contributed by atoms with van der Waals surface area (Å²) < 4.78 is 11.0. The summed E-state index contributed by atoms with van der Waals surface area (Å²) >= 11 is 0. The summed E-state index contributed by atoms with van der Waals surface area (Å²) in [5.74, 6) is 1.01. The summed E-state index contributed by atoms with van der Waals surface area (Å²) in [5, 5.41) is 13.4. The summed E-state index contributed by atoms with van der Waals surface area (Å²) in [5.41, 5.74) is 3.84. The van der Waals surface area contributed by atoms with Gasteiger partial charge in [0.2, 0.25) is 0 Å². The number of nitrogens with one attached hydrogen (secondary N) is 1. The highest BCUT2D eigenvalue weighted by molar-refractivity contribution is 5.48. The third-order valence-corrected chi connectivity index (χ3v) is 4.39. The van der Waals surface area contributed by atoms with Crippen LogP contribution < -0.4 is 10.1 Å². The SMILES string of the molecule is COCC(O)CNC1CCCOc2c(C)cc(C(C)(C)C)cc21. The van der Waals surface area contributed by atoms with E-state index in [1.807, 2.05) is 0 Å². The van der Waals surface area contributed by atoms with Gasteiger partial charge >= 0.3 is 0 Å². The van der Waals surface area contributed by atoms with Crippen LogP contribution >= 0.6 is 0 Å². The number of aliphatic hydroxyl groups excluding tert-OH is 1. The Morgan fingerprint density at radius 2 is 2.13 bits per heavy atom. The van der Waals surface area contributed by atoms with Crippen molar-refractivity contribution in [3.63, 3.8) is 0 Å². The monoisotopic (exact) mass is 321 g/mol. The lowest BCUT2D eigenvalue weighted by Gasteiger charge is -2.26. The van der Waals surface area contributed by atoms with Crippen LogP contribution in [0.25, 0.3) is 0 Å². The van der Waals surface area contributed by atoms with E-state index in [0.29, 0.717) is 13.2 Å². The van der Waals surface area contributed by atoms with Crippen LogP contribution in [-0.2, 0) is 10.2 Å². The number of fused-ring (bicyclic) bond motifs is 1. The molecule has 1 aliphatic rings. The zero-order valence-corrected chi connectivity index (χ0v) is 15.1. The molecule has 1 aromatic carbocycles. The number of methoxy groups -OCH3 is 1. The van der Waals surface area contributed by atoms with Gasteiger partial charge < -0.3 is 19.9 Å². The molecule has 0 saturated carbocycles. The second kappa shape index (κ2) is 7.65. The minimum absolute atomic E-state index is 0.103. The van der Waals surface area contributed by atoms with Gasteiger partial charge in [-0.05, 0) is 42.4 Å². The molecule has 2 atom stereocenters. The average molecular weight is 321 g/mol. The fraction of sp³-hybridized carbons (Fsp3) is 0.684. The molecule has 0 radical (unpaired) electrons. The van der Waals surface area contributed by atoms with Crippen LogP contribution in [0.1, 0.15) is 56.3 Å². The summed E-state index contributed by atoms with van der Waals surface area (Å²) in [4.78, 5) is 0. The summed E-state index contributed by atoms with van der Waals surface area (Å²) in [7, 11) is 1.61. The Morgan fingerprint density at radius 3 is 2.78 bits per heavy atom. The normalized spacial score (nSPS) is 19.7. The van der Waals surface area contributed by atoms with Crippen molar-refractivity contribution in [3.05, 3.63) is 28.8 Å². The van der Waals surface area contributed by atoms with E-state index in [2.05, 4.69) is 45.1 Å². The lowest BCUT2D eigenvalue weighted by atomic mass is 9.83. The third kappa shape index (κ3) is 4.69. The summed E-state index contributed by atoms with van der Waals surface area (Å²) in [6.07, 6.45) is 1.54. The Balaban J connectivity index is 2.28. The first-order valence-electron chi connectivity index (χ1n) is 8.51. The molecule has 0 fully saturated rings. The minimum Gasteiger partial charge on any atom is -0.493 e. The molecule has 0 aliphatic carbocycles. The number of aliphatic hydroxyl groups is 1. The van der Waals surface area contributed by atoms with Gasteiger partial charge in [-0.15, -0.1) is 0 Å². The van der Waals surface area contributed by atoms with Gasteiger partial charge in [0, 0.05) is 25.3 Å². The van der Waals surface area contributed by atoms with Crippen LogP contribution in [-0.4, -0.2) is 38.1 Å². The summed E-state index contributed by atoms with van der Waals surface area (Å²) in [6, 6.07) is 4.72. The Bertz CT molecular complexity index is 522. The van der Waals surface area contributed by atoms with Gasteiger partial charge in [0.05, 0.1) is 19.3 Å². The molecule has 23 heavy (non-hydrogen) atoms. The van der Waals surface area contributed by atoms with Crippen LogP contribution in [0.3, 0.4) is 0 Å². The standard InChI is InChI=1S/C19H31NO3/c1-13-9-14(19(2,3)4)10-16-17(7-6-8-23-18(13)16)20-11-15(21)12-22-5/h9-10,15,17,20-21H,6-8,11-12H2,1-5H3. The van der Waals surface area contributed by atoms with Crippen molar-refractivity contribution in [2.75, 3.05) is 26.9 Å². The zero-order valence-electron chi connectivity index (χ0n) is 15.1. The lowest BCUT2D eigenvalue weighted by Crippen LogP contribution is -2.33. The molecular weight excluding hydrogens is 290 g/mol. The van der Waals surface area contributed by atoms with Crippen LogP contribution in [0.2, 0.25) is 0 Å². The number of benzene rings is 1. The van der Waals surface area contributed by atoms with Crippen LogP contribution in [0, 0.1) is 6.92 Å². The van der Waals surface area contributed by atoms with Crippen molar-refractivity contribution in [2.24, 2.45) is 0 Å². The predicted molar refractivity (Wildman–Crippen MR) is 93.2 cm³/mol. The van der Waals surface area contributed by atoms with E-state index in [0.717, 1.165) is 25.2 Å². The minimum atomic E-state index is -0.487. The maximum absolute atomic E-state index is 9.92. The van der Waals surface area contributed by atoms with E-state index in [-0.39, 0.29) is 11.5 Å². The molecule has 0 amide bonds. The van der Waals surface area contributed by atoms with E-state index >= 15 is 0 Å². The number of rotatable bonds is 5. The van der Waals surface area contributed by atoms with Gasteiger partial charge in [-0.1, -0.05) is 26.8 Å². The highest BCUT2D eigenvalue weighted by atomic mass is 16.5. The number of hydrogen-bond acceptors (Lipinski definition) is 4. The van der Waals surface area contributed by atoms with Crippen LogP contribution in [0.4, 0.5) is 0 Å².